The first-order valence-corrected chi connectivity index (χ1v) is 9.61. The maximum atomic E-state index is 11.9. The number of rotatable bonds is 9. The maximum absolute atomic E-state index is 11.9. The highest BCUT2D eigenvalue weighted by atomic mass is 32.2. The number of aromatic nitrogens is 3. The molecule has 1 aromatic carbocycles. The van der Waals surface area contributed by atoms with Gasteiger partial charge in [0.05, 0.1) is 19.0 Å². The minimum atomic E-state index is -0.0884. The van der Waals surface area contributed by atoms with E-state index in [0.717, 1.165) is 25.2 Å². The fourth-order valence-electron chi connectivity index (χ4n) is 2.54. The van der Waals surface area contributed by atoms with Gasteiger partial charge in [-0.05, 0) is 37.1 Å². The summed E-state index contributed by atoms with van der Waals surface area (Å²) in [6.45, 7) is 1.48. The Bertz CT molecular complexity index is 746. The molecule has 1 atom stereocenters. The van der Waals surface area contributed by atoms with Crippen molar-refractivity contribution in [1.29, 1.82) is 0 Å². The molecule has 2 aromatic rings. The van der Waals surface area contributed by atoms with Gasteiger partial charge in [0.2, 0.25) is 11.1 Å². The number of nitrogens with zero attached hydrogens (tertiary/aromatic N) is 3. The zero-order valence-electron chi connectivity index (χ0n) is 15.1. The minimum absolute atomic E-state index is 0.0884. The number of carbonyl (C=O) groups excluding carboxylic acids is 1. The topological polar surface area (TPSA) is 114 Å². The Kier molecular flexibility index (Phi) is 6.77. The largest absolute Gasteiger partial charge is 0.497 e. The Morgan fingerprint density at radius 2 is 2.15 bits per heavy atom. The molecule has 1 aromatic heterocycles. The standard InChI is InChI=1S/C17H23N5O4S/c1-24-12-4-6-13(7-5-12)26-10-15-20-21-17(22(15)18)27-11-16(23)19-9-14-3-2-8-25-14/h4-7,14H,2-3,8-11,18H2,1H3,(H,19,23). The van der Waals surface area contributed by atoms with Crippen LogP contribution in [0.5, 0.6) is 11.5 Å². The summed E-state index contributed by atoms with van der Waals surface area (Å²) in [5, 5.41) is 11.3. The second-order valence-corrected chi connectivity index (χ2v) is 6.90. The number of methoxy groups -OCH3 is 1. The highest BCUT2D eigenvalue weighted by molar-refractivity contribution is 7.99. The van der Waals surface area contributed by atoms with Crippen molar-refractivity contribution in [2.45, 2.75) is 30.7 Å². The Hall–Kier alpha value is -2.46. The first-order valence-electron chi connectivity index (χ1n) is 8.63. The zero-order chi connectivity index (χ0) is 19.1. The Balaban J connectivity index is 1.43. The van der Waals surface area contributed by atoms with Crippen molar-refractivity contribution in [3.8, 4) is 11.5 Å². The van der Waals surface area contributed by atoms with Crippen molar-refractivity contribution in [1.82, 2.24) is 20.2 Å². The van der Waals surface area contributed by atoms with E-state index in [1.54, 1.807) is 31.4 Å². The van der Waals surface area contributed by atoms with Crippen molar-refractivity contribution >= 4 is 17.7 Å². The van der Waals surface area contributed by atoms with E-state index >= 15 is 0 Å². The molecular formula is C17H23N5O4S. The molecule has 27 heavy (non-hydrogen) atoms. The molecule has 3 rings (SSSR count). The van der Waals surface area contributed by atoms with Crippen molar-refractivity contribution in [2.24, 2.45) is 0 Å². The van der Waals surface area contributed by atoms with Crippen LogP contribution in [0.2, 0.25) is 0 Å². The lowest BCUT2D eigenvalue weighted by Gasteiger charge is -2.10. The molecule has 0 spiro atoms. The fraction of sp³-hybridized carbons (Fsp3) is 0.471. The summed E-state index contributed by atoms with van der Waals surface area (Å²) < 4.78 is 17.6. The number of amides is 1. The van der Waals surface area contributed by atoms with Gasteiger partial charge in [-0.2, -0.15) is 0 Å². The molecule has 0 aliphatic carbocycles. The number of thioether (sulfide) groups is 1. The Morgan fingerprint density at radius 3 is 2.85 bits per heavy atom. The van der Waals surface area contributed by atoms with Crippen LogP contribution in [0.3, 0.4) is 0 Å². The van der Waals surface area contributed by atoms with E-state index in [0.29, 0.717) is 23.3 Å². The molecule has 0 saturated carbocycles. The van der Waals surface area contributed by atoms with Crippen LogP contribution in [0, 0.1) is 0 Å². The molecule has 1 aliphatic heterocycles. The van der Waals surface area contributed by atoms with Crippen LogP contribution in [0.25, 0.3) is 0 Å². The van der Waals surface area contributed by atoms with Gasteiger partial charge in [0, 0.05) is 13.2 Å². The van der Waals surface area contributed by atoms with Gasteiger partial charge in [0.15, 0.2) is 5.82 Å². The first-order chi connectivity index (χ1) is 13.2. The molecule has 1 fully saturated rings. The number of benzene rings is 1. The van der Waals surface area contributed by atoms with Gasteiger partial charge in [-0.3, -0.25) is 4.79 Å². The van der Waals surface area contributed by atoms with Crippen LogP contribution < -0.4 is 20.6 Å². The summed E-state index contributed by atoms with van der Waals surface area (Å²) in [7, 11) is 1.61. The van der Waals surface area contributed by atoms with E-state index in [2.05, 4.69) is 15.5 Å². The number of nitrogens with one attached hydrogen (secondary N) is 1. The lowest BCUT2D eigenvalue weighted by molar-refractivity contribution is -0.119. The van der Waals surface area contributed by atoms with Gasteiger partial charge < -0.3 is 25.4 Å². The smallest absolute Gasteiger partial charge is 0.230 e. The Morgan fingerprint density at radius 1 is 1.37 bits per heavy atom. The van der Waals surface area contributed by atoms with Crippen LogP contribution in [0.4, 0.5) is 0 Å². The number of hydrogen-bond donors (Lipinski definition) is 2. The molecule has 1 saturated heterocycles. The van der Waals surface area contributed by atoms with E-state index in [1.165, 1.54) is 16.4 Å². The van der Waals surface area contributed by atoms with Crippen molar-refractivity contribution in [3.05, 3.63) is 30.1 Å². The number of nitrogen functional groups attached to an aromatic ring is 1. The third-order valence-electron chi connectivity index (χ3n) is 4.05. The maximum Gasteiger partial charge on any atom is 0.230 e. The van der Waals surface area contributed by atoms with Crippen LogP contribution in [-0.2, 0) is 16.1 Å². The molecule has 10 heteroatoms. The summed E-state index contributed by atoms with van der Waals surface area (Å²) in [6, 6.07) is 7.20. The molecule has 0 bridgehead atoms. The van der Waals surface area contributed by atoms with Crippen LogP contribution >= 0.6 is 11.8 Å². The number of hydrogen-bond acceptors (Lipinski definition) is 8. The van der Waals surface area contributed by atoms with E-state index in [-0.39, 0.29) is 24.4 Å². The number of nitrogens with two attached hydrogens (primary N) is 1. The highest BCUT2D eigenvalue weighted by Gasteiger charge is 2.17. The van der Waals surface area contributed by atoms with E-state index in [1.807, 2.05) is 0 Å². The van der Waals surface area contributed by atoms with Gasteiger partial charge in [-0.1, -0.05) is 11.8 Å². The molecule has 9 nitrogen and oxygen atoms in total. The molecule has 3 N–H and O–H groups in total. The first kappa shape index (κ1) is 19.3. The third-order valence-corrected chi connectivity index (χ3v) is 4.99. The second kappa shape index (κ2) is 9.47. The number of ether oxygens (including phenoxy) is 3. The Labute approximate surface area is 161 Å². The molecule has 1 amide bonds. The normalized spacial score (nSPS) is 16.3. The summed E-state index contributed by atoms with van der Waals surface area (Å²) in [6.07, 6.45) is 2.16. The van der Waals surface area contributed by atoms with Crippen molar-refractivity contribution in [2.75, 3.05) is 31.9 Å². The molecule has 1 aliphatic rings. The molecule has 0 radical (unpaired) electrons. The van der Waals surface area contributed by atoms with Crippen molar-refractivity contribution < 1.29 is 19.0 Å². The van der Waals surface area contributed by atoms with Crippen LogP contribution in [-0.4, -0.2) is 52.9 Å². The fourth-order valence-corrected chi connectivity index (χ4v) is 3.24. The zero-order valence-corrected chi connectivity index (χ0v) is 15.9. The van der Waals surface area contributed by atoms with Gasteiger partial charge in [0.25, 0.3) is 0 Å². The molecule has 1 unspecified atom stereocenters. The van der Waals surface area contributed by atoms with Gasteiger partial charge in [-0.25, -0.2) is 4.68 Å². The molecule has 146 valence electrons. The lowest BCUT2D eigenvalue weighted by atomic mass is 10.2. The van der Waals surface area contributed by atoms with Crippen LogP contribution in [0.1, 0.15) is 18.7 Å². The monoisotopic (exact) mass is 393 g/mol. The van der Waals surface area contributed by atoms with E-state index < -0.39 is 0 Å². The predicted molar refractivity (Wildman–Crippen MR) is 100 cm³/mol. The summed E-state index contributed by atoms with van der Waals surface area (Å²) in [5.41, 5.74) is 0. The average molecular weight is 393 g/mol. The van der Waals surface area contributed by atoms with E-state index in [9.17, 15) is 4.79 Å². The van der Waals surface area contributed by atoms with Gasteiger partial charge in [0.1, 0.15) is 18.1 Å². The highest BCUT2D eigenvalue weighted by Crippen LogP contribution is 2.19. The minimum Gasteiger partial charge on any atom is -0.497 e. The third kappa shape index (κ3) is 5.51. The SMILES string of the molecule is COc1ccc(OCc2nnc(SCC(=O)NCC3CCCO3)n2N)cc1. The van der Waals surface area contributed by atoms with Gasteiger partial charge >= 0.3 is 0 Å². The summed E-state index contributed by atoms with van der Waals surface area (Å²) in [4.78, 5) is 11.9. The van der Waals surface area contributed by atoms with Gasteiger partial charge in [-0.15, -0.1) is 10.2 Å². The second-order valence-electron chi connectivity index (χ2n) is 5.96. The van der Waals surface area contributed by atoms with E-state index in [4.69, 9.17) is 20.1 Å². The quantitative estimate of drug-likeness (QED) is 0.478. The predicted octanol–water partition coefficient (Wildman–Crippen LogP) is 0.967. The molecule has 2 heterocycles. The average Bonchev–Trinajstić information content (AvgIpc) is 3.33. The van der Waals surface area contributed by atoms with Crippen LogP contribution in [0.15, 0.2) is 29.4 Å². The lowest BCUT2D eigenvalue weighted by Crippen LogP contribution is -2.33. The molecular weight excluding hydrogens is 370 g/mol. The summed E-state index contributed by atoms with van der Waals surface area (Å²) in [5.74, 6) is 8.00. The summed E-state index contributed by atoms with van der Waals surface area (Å²) >= 11 is 1.22. The van der Waals surface area contributed by atoms with Crippen molar-refractivity contribution in [3.63, 3.8) is 0 Å². The number of carbonyl (C=O) groups is 1.